The molecule has 88 valence electrons. The molecule has 0 aliphatic heterocycles. The Morgan fingerprint density at radius 1 is 1.29 bits per heavy atom. The SMILES string of the molecule is CC(=O)CC(C)(C)c1cccc2ccncc12. The molecule has 0 saturated carbocycles. The van der Waals surface area contributed by atoms with Crippen molar-refractivity contribution in [2.24, 2.45) is 0 Å². The summed E-state index contributed by atoms with van der Waals surface area (Å²) in [4.78, 5) is 15.5. The summed E-state index contributed by atoms with van der Waals surface area (Å²) in [6, 6.07) is 8.21. The van der Waals surface area contributed by atoms with E-state index in [-0.39, 0.29) is 11.2 Å². The Bertz CT molecular complexity index is 552. The van der Waals surface area contributed by atoms with Gasteiger partial charge in [0.05, 0.1) is 0 Å². The van der Waals surface area contributed by atoms with Gasteiger partial charge in [-0.3, -0.25) is 9.78 Å². The molecule has 2 heteroatoms. The van der Waals surface area contributed by atoms with Crippen LogP contribution in [0.3, 0.4) is 0 Å². The second-order valence-electron chi connectivity index (χ2n) is 5.17. The minimum Gasteiger partial charge on any atom is -0.300 e. The maximum atomic E-state index is 11.4. The van der Waals surface area contributed by atoms with E-state index in [1.807, 2.05) is 18.3 Å². The third-order valence-electron chi connectivity index (χ3n) is 3.10. The second kappa shape index (κ2) is 4.28. The highest BCUT2D eigenvalue weighted by Crippen LogP contribution is 2.32. The van der Waals surface area contributed by atoms with Gasteiger partial charge in [0.2, 0.25) is 0 Å². The lowest BCUT2D eigenvalue weighted by Crippen LogP contribution is -2.21. The molecule has 0 bridgehead atoms. The smallest absolute Gasteiger partial charge is 0.130 e. The van der Waals surface area contributed by atoms with Crippen LogP contribution < -0.4 is 0 Å². The Hall–Kier alpha value is -1.70. The third kappa shape index (κ3) is 2.36. The molecule has 2 nitrogen and oxygen atoms in total. The summed E-state index contributed by atoms with van der Waals surface area (Å²) in [5, 5.41) is 2.32. The second-order valence-corrected chi connectivity index (χ2v) is 5.17. The molecule has 0 N–H and O–H groups in total. The van der Waals surface area contributed by atoms with Gasteiger partial charge in [-0.25, -0.2) is 0 Å². The summed E-state index contributed by atoms with van der Waals surface area (Å²) >= 11 is 0. The number of fused-ring (bicyclic) bond motifs is 1. The summed E-state index contributed by atoms with van der Waals surface area (Å²) in [6.07, 6.45) is 4.23. The summed E-state index contributed by atoms with van der Waals surface area (Å²) < 4.78 is 0. The van der Waals surface area contributed by atoms with Crippen LogP contribution in [0, 0.1) is 0 Å². The van der Waals surface area contributed by atoms with Crippen molar-refractivity contribution in [1.82, 2.24) is 4.98 Å². The van der Waals surface area contributed by atoms with E-state index in [4.69, 9.17) is 0 Å². The van der Waals surface area contributed by atoms with Crippen molar-refractivity contribution in [1.29, 1.82) is 0 Å². The molecule has 1 aromatic heterocycles. The molecule has 0 spiro atoms. The van der Waals surface area contributed by atoms with Crippen LogP contribution in [0.25, 0.3) is 10.8 Å². The molecule has 0 fully saturated rings. The maximum Gasteiger partial charge on any atom is 0.130 e. The Balaban J connectivity index is 2.58. The van der Waals surface area contributed by atoms with Crippen LogP contribution in [0.5, 0.6) is 0 Å². The Kier molecular flexibility index (Phi) is 2.97. The molecule has 0 aliphatic carbocycles. The minimum atomic E-state index is -0.144. The van der Waals surface area contributed by atoms with Gasteiger partial charge in [-0.1, -0.05) is 32.0 Å². The average molecular weight is 227 g/mol. The van der Waals surface area contributed by atoms with Crippen molar-refractivity contribution in [3.63, 3.8) is 0 Å². The van der Waals surface area contributed by atoms with Gasteiger partial charge >= 0.3 is 0 Å². The van der Waals surface area contributed by atoms with Crippen LogP contribution in [-0.4, -0.2) is 10.8 Å². The molecule has 1 aromatic carbocycles. The van der Waals surface area contributed by atoms with E-state index in [0.29, 0.717) is 6.42 Å². The van der Waals surface area contributed by atoms with Gasteiger partial charge in [0.15, 0.2) is 0 Å². The number of rotatable bonds is 3. The van der Waals surface area contributed by atoms with Gasteiger partial charge in [0.25, 0.3) is 0 Å². The highest BCUT2D eigenvalue weighted by atomic mass is 16.1. The van der Waals surface area contributed by atoms with Crippen molar-refractivity contribution < 1.29 is 4.79 Å². The van der Waals surface area contributed by atoms with Crippen molar-refractivity contribution in [2.75, 3.05) is 0 Å². The number of aromatic nitrogens is 1. The number of hydrogen-bond acceptors (Lipinski definition) is 2. The number of carbonyl (C=O) groups is 1. The highest BCUT2D eigenvalue weighted by molar-refractivity contribution is 5.87. The van der Waals surface area contributed by atoms with E-state index in [1.165, 1.54) is 10.9 Å². The van der Waals surface area contributed by atoms with Gasteiger partial charge in [0.1, 0.15) is 5.78 Å². The van der Waals surface area contributed by atoms with Gasteiger partial charge < -0.3 is 0 Å². The number of carbonyl (C=O) groups excluding carboxylic acids is 1. The average Bonchev–Trinajstić information content (AvgIpc) is 2.26. The van der Waals surface area contributed by atoms with Crippen LogP contribution in [-0.2, 0) is 10.2 Å². The van der Waals surface area contributed by atoms with Crippen molar-refractivity contribution in [3.05, 3.63) is 42.2 Å². The predicted molar refractivity (Wildman–Crippen MR) is 70.1 cm³/mol. The molecule has 0 unspecified atom stereocenters. The lowest BCUT2D eigenvalue weighted by atomic mass is 9.78. The minimum absolute atomic E-state index is 0.144. The molecule has 0 radical (unpaired) electrons. The molecule has 17 heavy (non-hydrogen) atoms. The van der Waals surface area contributed by atoms with Crippen LogP contribution in [0.1, 0.15) is 32.8 Å². The van der Waals surface area contributed by atoms with Gasteiger partial charge in [-0.2, -0.15) is 0 Å². The van der Waals surface area contributed by atoms with Gasteiger partial charge in [-0.15, -0.1) is 0 Å². The van der Waals surface area contributed by atoms with Gasteiger partial charge in [-0.05, 0) is 29.4 Å². The van der Waals surface area contributed by atoms with Crippen molar-refractivity contribution in [2.45, 2.75) is 32.6 Å². The fourth-order valence-corrected chi connectivity index (χ4v) is 2.42. The van der Waals surface area contributed by atoms with E-state index in [1.54, 1.807) is 13.1 Å². The van der Waals surface area contributed by atoms with Crippen LogP contribution in [0.15, 0.2) is 36.7 Å². The van der Waals surface area contributed by atoms with Crippen LogP contribution >= 0.6 is 0 Å². The number of hydrogen-bond donors (Lipinski definition) is 0. The number of pyridine rings is 1. The molecule has 0 atom stereocenters. The van der Waals surface area contributed by atoms with E-state index >= 15 is 0 Å². The first-order valence-electron chi connectivity index (χ1n) is 5.83. The van der Waals surface area contributed by atoms with Crippen molar-refractivity contribution >= 4 is 16.6 Å². The quantitative estimate of drug-likeness (QED) is 0.803. The Morgan fingerprint density at radius 3 is 2.76 bits per heavy atom. The summed E-state index contributed by atoms with van der Waals surface area (Å²) in [5.74, 6) is 0.218. The van der Waals surface area contributed by atoms with E-state index < -0.39 is 0 Å². The molecule has 1 heterocycles. The fourth-order valence-electron chi connectivity index (χ4n) is 2.42. The summed E-state index contributed by atoms with van der Waals surface area (Å²) in [7, 11) is 0. The Labute approximate surface area is 102 Å². The number of nitrogens with zero attached hydrogens (tertiary/aromatic N) is 1. The molecule has 2 rings (SSSR count). The zero-order chi connectivity index (χ0) is 12.5. The first-order chi connectivity index (χ1) is 8.00. The van der Waals surface area contributed by atoms with Gasteiger partial charge in [0, 0.05) is 24.2 Å². The van der Waals surface area contributed by atoms with Crippen molar-refractivity contribution in [3.8, 4) is 0 Å². The van der Waals surface area contributed by atoms with E-state index in [9.17, 15) is 4.79 Å². The molecule has 0 aliphatic rings. The molecule has 0 saturated heterocycles. The Morgan fingerprint density at radius 2 is 2.06 bits per heavy atom. The predicted octanol–water partition coefficient (Wildman–Crippen LogP) is 3.49. The van der Waals surface area contributed by atoms with Crippen LogP contribution in [0.4, 0.5) is 0 Å². The van der Waals surface area contributed by atoms with Crippen LogP contribution in [0.2, 0.25) is 0 Å². The third-order valence-corrected chi connectivity index (χ3v) is 3.10. The van der Waals surface area contributed by atoms with E-state index in [0.717, 1.165) is 5.39 Å². The molecule has 2 aromatic rings. The monoisotopic (exact) mass is 227 g/mol. The standard InChI is InChI=1S/C15H17NO/c1-11(17)9-15(2,3)14-6-4-5-12-7-8-16-10-13(12)14/h4-8,10H,9H2,1-3H3. The van der Waals surface area contributed by atoms with E-state index in [2.05, 4.69) is 31.0 Å². The normalized spacial score (nSPS) is 11.7. The lowest BCUT2D eigenvalue weighted by Gasteiger charge is -2.25. The highest BCUT2D eigenvalue weighted by Gasteiger charge is 2.24. The zero-order valence-corrected chi connectivity index (χ0v) is 10.5. The molecular formula is C15H17NO. The first kappa shape index (κ1) is 11.8. The zero-order valence-electron chi connectivity index (χ0n) is 10.5. The first-order valence-corrected chi connectivity index (χ1v) is 5.83. The number of Topliss-reactive ketones (excluding diaryl/α,β-unsaturated/α-hetero) is 1. The lowest BCUT2D eigenvalue weighted by molar-refractivity contribution is -0.118. The largest absolute Gasteiger partial charge is 0.300 e. The summed E-state index contributed by atoms with van der Waals surface area (Å²) in [5.41, 5.74) is 1.05. The molecule has 0 amide bonds. The molecular weight excluding hydrogens is 210 g/mol. The topological polar surface area (TPSA) is 30.0 Å². The number of ketones is 1. The number of benzene rings is 1. The summed E-state index contributed by atoms with van der Waals surface area (Å²) in [6.45, 7) is 5.86. The fraction of sp³-hybridized carbons (Fsp3) is 0.333. The maximum absolute atomic E-state index is 11.4.